The fourth-order valence-electron chi connectivity index (χ4n) is 3.63. The van der Waals surface area contributed by atoms with Gasteiger partial charge in [-0.2, -0.15) is 0 Å². The van der Waals surface area contributed by atoms with E-state index in [2.05, 4.69) is 40.1 Å². The highest BCUT2D eigenvalue weighted by atomic mass is 35.5. The maximum atomic E-state index is 12.6. The van der Waals surface area contributed by atoms with Gasteiger partial charge in [0.05, 0.1) is 12.8 Å². The minimum atomic E-state index is -0.284. The second-order valence-electron chi connectivity index (χ2n) is 6.80. The Morgan fingerprint density at radius 1 is 0.966 bits per heavy atom. The van der Waals surface area contributed by atoms with Gasteiger partial charge >= 0.3 is 0 Å². The van der Waals surface area contributed by atoms with Crippen LogP contribution in [0.15, 0.2) is 54.6 Å². The number of pyridine rings is 1. The maximum Gasteiger partial charge on any atom is 0.137 e. The van der Waals surface area contributed by atoms with Gasteiger partial charge in [0.15, 0.2) is 0 Å². The zero-order chi connectivity index (χ0) is 18.6. The summed E-state index contributed by atoms with van der Waals surface area (Å²) < 4.78 is 17.9. The average molecular weight is 438 g/mol. The quantitative estimate of drug-likeness (QED) is 0.570. The highest BCUT2D eigenvalue weighted by Crippen LogP contribution is 2.31. The van der Waals surface area contributed by atoms with Gasteiger partial charge in [0.25, 0.3) is 0 Å². The van der Waals surface area contributed by atoms with E-state index in [1.54, 1.807) is 7.11 Å². The fourth-order valence-corrected chi connectivity index (χ4v) is 3.63. The molecule has 0 aliphatic carbocycles. The number of ether oxygens (including phenoxy) is 1. The molecular formula is C22H26Cl2FN3O. The Kier molecular flexibility index (Phi) is 8.50. The largest absolute Gasteiger partial charge is 0.497 e. The SMILES string of the molecule is COc1ccc(-c2cc3ccccc3c(N3CCN(CCF)CC3)n2)cc1.Cl.Cl. The summed E-state index contributed by atoms with van der Waals surface area (Å²) in [4.78, 5) is 9.51. The number of alkyl halides is 1. The number of benzene rings is 2. The number of rotatable bonds is 5. The summed E-state index contributed by atoms with van der Waals surface area (Å²) >= 11 is 0. The molecule has 0 N–H and O–H groups in total. The highest BCUT2D eigenvalue weighted by Gasteiger charge is 2.20. The molecule has 0 unspecified atom stereocenters. The molecule has 4 rings (SSSR count). The molecule has 4 nitrogen and oxygen atoms in total. The van der Waals surface area contributed by atoms with Crippen LogP contribution in [0.5, 0.6) is 5.75 Å². The summed E-state index contributed by atoms with van der Waals surface area (Å²) in [5, 5.41) is 2.34. The molecule has 1 aliphatic heterocycles. The molecule has 0 spiro atoms. The minimum Gasteiger partial charge on any atom is -0.497 e. The monoisotopic (exact) mass is 437 g/mol. The lowest BCUT2D eigenvalue weighted by Gasteiger charge is -2.35. The number of hydrogen-bond donors (Lipinski definition) is 0. The standard InChI is InChI=1S/C22H24FN3O.2ClH/c1-27-19-8-6-17(7-9-19)21-16-18-4-2-3-5-20(18)22(24-21)26-14-12-25(11-10-23)13-15-26;;/h2-9,16H,10-15H2,1H3;2*1H. The van der Waals surface area contributed by atoms with Gasteiger partial charge in [0.2, 0.25) is 0 Å². The number of piperazine rings is 1. The average Bonchev–Trinajstić information content (AvgIpc) is 2.74. The van der Waals surface area contributed by atoms with Crippen LogP contribution in [0.4, 0.5) is 10.2 Å². The number of fused-ring (bicyclic) bond motifs is 1. The van der Waals surface area contributed by atoms with E-state index in [9.17, 15) is 4.39 Å². The Bertz CT molecular complexity index is 916. The van der Waals surface area contributed by atoms with Gasteiger partial charge < -0.3 is 9.64 Å². The Balaban J connectivity index is 0.00000150. The van der Waals surface area contributed by atoms with Crippen LogP contribution in [0, 0.1) is 0 Å². The maximum absolute atomic E-state index is 12.6. The normalized spacial score (nSPS) is 14.2. The third-order valence-corrected chi connectivity index (χ3v) is 5.18. The van der Waals surface area contributed by atoms with Crippen LogP contribution in [0.2, 0.25) is 0 Å². The molecule has 3 aromatic rings. The first-order valence-electron chi connectivity index (χ1n) is 9.36. The van der Waals surface area contributed by atoms with E-state index in [0.717, 1.165) is 54.4 Å². The van der Waals surface area contributed by atoms with Crippen molar-refractivity contribution in [3.63, 3.8) is 0 Å². The van der Waals surface area contributed by atoms with Crippen molar-refractivity contribution in [2.24, 2.45) is 0 Å². The van der Waals surface area contributed by atoms with Crippen LogP contribution in [0.3, 0.4) is 0 Å². The summed E-state index contributed by atoms with van der Waals surface area (Å²) in [7, 11) is 1.67. The molecule has 1 saturated heterocycles. The molecule has 1 aliphatic rings. The molecule has 29 heavy (non-hydrogen) atoms. The smallest absolute Gasteiger partial charge is 0.137 e. The second-order valence-corrected chi connectivity index (χ2v) is 6.80. The van der Waals surface area contributed by atoms with Gasteiger partial charge in [-0.05, 0) is 35.7 Å². The summed E-state index contributed by atoms with van der Waals surface area (Å²) in [6, 6.07) is 18.5. The van der Waals surface area contributed by atoms with Crippen LogP contribution < -0.4 is 9.64 Å². The molecule has 7 heteroatoms. The lowest BCUT2D eigenvalue weighted by atomic mass is 10.1. The summed E-state index contributed by atoms with van der Waals surface area (Å²) in [5.41, 5.74) is 2.02. The topological polar surface area (TPSA) is 28.6 Å². The van der Waals surface area contributed by atoms with Gasteiger partial charge in [-0.3, -0.25) is 4.90 Å². The third-order valence-electron chi connectivity index (χ3n) is 5.18. The Morgan fingerprint density at radius 2 is 1.66 bits per heavy atom. The molecule has 0 atom stereocenters. The number of halogens is 3. The Labute approximate surface area is 183 Å². The number of anilines is 1. The van der Waals surface area contributed by atoms with Crippen molar-refractivity contribution in [1.82, 2.24) is 9.88 Å². The molecular weight excluding hydrogens is 412 g/mol. The first kappa shape index (κ1) is 23.2. The summed E-state index contributed by atoms with van der Waals surface area (Å²) in [6.07, 6.45) is 0. The Morgan fingerprint density at radius 3 is 2.31 bits per heavy atom. The molecule has 2 heterocycles. The number of aromatic nitrogens is 1. The van der Waals surface area contributed by atoms with Crippen LogP contribution in [0.25, 0.3) is 22.0 Å². The molecule has 1 aromatic heterocycles. The van der Waals surface area contributed by atoms with Crippen molar-refractivity contribution < 1.29 is 9.13 Å². The van der Waals surface area contributed by atoms with Crippen LogP contribution >= 0.6 is 24.8 Å². The predicted octanol–water partition coefficient (Wildman–Crippen LogP) is 4.85. The van der Waals surface area contributed by atoms with Crippen molar-refractivity contribution in [1.29, 1.82) is 0 Å². The van der Waals surface area contributed by atoms with Crippen LogP contribution in [-0.2, 0) is 0 Å². The second kappa shape index (κ2) is 10.6. The number of hydrogen-bond acceptors (Lipinski definition) is 4. The first-order valence-corrected chi connectivity index (χ1v) is 9.36. The highest BCUT2D eigenvalue weighted by molar-refractivity contribution is 5.95. The zero-order valence-corrected chi connectivity index (χ0v) is 18.0. The van der Waals surface area contributed by atoms with Gasteiger partial charge in [0.1, 0.15) is 18.2 Å². The van der Waals surface area contributed by atoms with E-state index in [-0.39, 0.29) is 31.5 Å². The summed E-state index contributed by atoms with van der Waals surface area (Å²) in [6.45, 7) is 3.70. The van der Waals surface area contributed by atoms with Gasteiger partial charge in [-0.15, -0.1) is 24.8 Å². The van der Waals surface area contributed by atoms with E-state index in [0.29, 0.717) is 6.54 Å². The molecule has 0 radical (unpaired) electrons. The lowest BCUT2D eigenvalue weighted by molar-refractivity contribution is 0.235. The number of methoxy groups -OCH3 is 1. The number of nitrogens with zero attached hydrogens (tertiary/aromatic N) is 3. The first-order chi connectivity index (χ1) is 13.3. The van der Waals surface area contributed by atoms with Crippen molar-refractivity contribution in [2.75, 3.05) is 51.4 Å². The van der Waals surface area contributed by atoms with E-state index >= 15 is 0 Å². The van der Waals surface area contributed by atoms with Crippen molar-refractivity contribution >= 4 is 41.4 Å². The predicted molar refractivity (Wildman–Crippen MR) is 123 cm³/mol. The van der Waals surface area contributed by atoms with Crippen molar-refractivity contribution in [3.05, 3.63) is 54.6 Å². The van der Waals surface area contributed by atoms with Gasteiger partial charge in [-0.1, -0.05) is 24.3 Å². The van der Waals surface area contributed by atoms with E-state index in [1.165, 1.54) is 5.39 Å². The molecule has 0 amide bonds. The summed E-state index contributed by atoms with van der Waals surface area (Å²) in [5.74, 6) is 1.85. The van der Waals surface area contributed by atoms with E-state index < -0.39 is 0 Å². The van der Waals surface area contributed by atoms with E-state index in [4.69, 9.17) is 9.72 Å². The van der Waals surface area contributed by atoms with Crippen molar-refractivity contribution in [2.45, 2.75) is 0 Å². The minimum absolute atomic E-state index is 0. The molecule has 0 saturated carbocycles. The van der Waals surface area contributed by atoms with Gasteiger partial charge in [0, 0.05) is 43.7 Å². The van der Waals surface area contributed by atoms with Crippen molar-refractivity contribution in [3.8, 4) is 17.0 Å². The molecule has 0 bridgehead atoms. The van der Waals surface area contributed by atoms with Crippen LogP contribution in [-0.4, -0.2) is 56.4 Å². The molecule has 2 aromatic carbocycles. The third kappa shape index (κ3) is 5.10. The Hall–Kier alpha value is -2.08. The molecule has 1 fully saturated rings. The fraction of sp³-hybridized carbons (Fsp3) is 0.318. The van der Waals surface area contributed by atoms with Gasteiger partial charge in [-0.25, -0.2) is 9.37 Å². The zero-order valence-electron chi connectivity index (χ0n) is 16.4. The van der Waals surface area contributed by atoms with Crippen LogP contribution in [0.1, 0.15) is 0 Å². The van der Waals surface area contributed by atoms with E-state index in [1.807, 2.05) is 24.3 Å². The lowest BCUT2D eigenvalue weighted by Crippen LogP contribution is -2.47. The molecule has 156 valence electrons.